The van der Waals surface area contributed by atoms with Crippen molar-refractivity contribution in [2.75, 3.05) is 0 Å². The summed E-state index contributed by atoms with van der Waals surface area (Å²) >= 11 is 7.12. The summed E-state index contributed by atoms with van der Waals surface area (Å²) in [7, 11) is 0. The lowest BCUT2D eigenvalue weighted by Crippen LogP contribution is -2.07. The van der Waals surface area contributed by atoms with Crippen LogP contribution in [0.1, 0.15) is 11.1 Å². The molecule has 0 aliphatic carbocycles. The molecule has 0 bridgehead atoms. The van der Waals surface area contributed by atoms with Gasteiger partial charge < -0.3 is 0 Å². The van der Waals surface area contributed by atoms with E-state index in [9.17, 15) is 13.2 Å². The highest BCUT2D eigenvalue weighted by Crippen LogP contribution is 2.33. The van der Waals surface area contributed by atoms with E-state index in [1.807, 2.05) is 6.07 Å². The van der Waals surface area contributed by atoms with Gasteiger partial charge in [0.05, 0.1) is 10.6 Å². The first-order valence-corrected chi connectivity index (χ1v) is 7.44. The van der Waals surface area contributed by atoms with Crippen LogP contribution < -0.4 is 0 Å². The van der Waals surface area contributed by atoms with Gasteiger partial charge in [-0.05, 0) is 17.7 Å². The number of hydrogen-bond donors (Lipinski definition) is 0. The molecule has 0 amide bonds. The molecule has 22 heavy (non-hydrogen) atoms. The lowest BCUT2D eigenvalue weighted by molar-refractivity contribution is -0.137. The van der Waals surface area contributed by atoms with Gasteiger partial charge in [0, 0.05) is 24.3 Å². The maximum atomic E-state index is 12.9. The Morgan fingerprint density at radius 3 is 2.77 bits per heavy atom. The quantitative estimate of drug-likeness (QED) is 0.671. The predicted molar refractivity (Wildman–Crippen MR) is 76.8 cm³/mol. The van der Waals surface area contributed by atoms with Crippen molar-refractivity contribution in [2.24, 2.45) is 0 Å². The molecule has 4 nitrogen and oxygen atoms in total. The molecule has 9 heteroatoms. The summed E-state index contributed by atoms with van der Waals surface area (Å²) in [6, 6.07) is 4.51. The zero-order valence-corrected chi connectivity index (χ0v) is 12.5. The first kappa shape index (κ1) is 15.1. The van der Waals surface area contributed by atoms with Gasteiger partial charge in [0.1, 0.15) is 0 Å². The molecule has 0 aromatic carbocycles. The van der Waals surface area contributed by atoms with Crippen molar-refractivity contribution in [3.63, 3.8) is 0 Å². The minimum atomic E-state index is -4.48. The molecular formula is C13H8ClF3N4S. The normalized spacial score (nSPS) is 12.0. The number of aromatic nitrogens is 4. The van der Waals surface area contributed by atoms with Gasteiger partial charge in [0.25, 0.3) is 0 Å². The number of thioether (sulfide) groups is 1. The van der Waals surface area contributed by atoms with Gasteiger partial charge in [-0.25, -0.2) is 0 Å². The number of halogens is 4. The second-order valence-electron chi connectivity index (χ2n) is 4.40. The summed E-state index contributed by atoms with van der Waals surface area (Å²) in [4.78, 5) is 3.98. The Balaban J connectivity index is 1.95. The van der Waals surface area contributed by atoms with Crippen LogP contribution in [0.2, 0.25) is 5.02 Å². The highest BCUT2D eigenvalue weighted by molar-refractivity contribution is 7.98. The van der Waals surface area contributed by atoms with Crippen LogP contribution >= 0.6 is 23.4 Å². The Labute approximate surface area is 132 Å². The van der Waals surface area contributed by atoms with Crippen molar-refractivity contribution in [1.82, 2.24) is 19.6 Å². The Morgan fingerprint density at radius 1 is 1.27 bits per heavy atom. The maximum absolute atomic E-state index is 12.9. The standard InChI is InChI=1S/C13H8ClF3N4S/c14-10-4-9(13(15,16)17)6-21-11(10)19-20-12(21)22-7-8-2-1-3-18-5-8/h1-6H,7H2. The number of alkyl halides is 3. The van der Waals surface area contributed by atoms with Crippen molar-refractivity contribution in [1.29, 1.82) is 0 Å². The predicted octanol–water partition coefficient (Wildman–Crippen LogP) is 4.09. The Hall–Kier alpha value is -1.80. The molecule has 0 N–H and O–H groups in total. The van der Waals surface area contributed by atoms with Crippen LogP contribution in [0.15, 0.2) is 41.9 Å². The molecule has 0 saturated heterocycles. The summed E-state index contributed by atoms with van der Waals surface area (Å²) in [6.07, 6.45) is -0.194. The fraction of sp³-hybridized carbons (Fsp3) is 0.154. The molecule has 0 saturated carbocycles. The summed E-state index contributed by atoms with van der Waals surface area (Å²) < 4.78 is 39.8. The Bertz CT molecular complexity index is 804. The lowest BCUT2D eigenvalue weighted by Gasteiger charge is -2.08. The van der Waals surface area contributed by atoms with Gasteiger partial charge in [0.2, 0.25) is 0 Å². The van der Waals surface area contributed by atoms with Crippen LogP contribution in [0, 0.1) is 0 Å². The highest BCUT2D eigenvalue weighted by atomic mass is 35.5. The molecule has 0 spiro atoms. The van der Waals surface area contributed by atoms with Crippen molar-refractivity contribution < 1.29 is 13.2 Å². The lowest BCUT2D eigenvalue weighted by atomic mass is 10.3. The third-order valence-corrected chi connectivity index (χ3v) is 4.14. The zero-order chi connectivity index (χ0) is 15.7. The Kier molecular flexibility index (Phi) is 3.96. The van der Waals surface area contributed by atoms with E-state index in [2.05, 4.69) is 15.2 Å². The molecule has 114 valence electrons. The summed E-state index contributed by atoms with van der Waals surface area (Å²) in [5.74, 6) is 0.516. The fourth-order valence-electron chi connectivity index (χ4n) is 1.82. The number of pyridine rings is 2. The molecular weight excluding hydrogens is 337 g/mol. The van der Waals surface area contributed by atoms with Crippen molar-refractivity contribution in [2.45, 2.75) is 17.1 Å². The Morgan fingerprint density at radius 2 is 2.09 bits per heavy atom. The molecule has 3 aromatic rings. The van der Waals surface area contributed by atoms with Crippen molar-refractivity contribution in [3.05, 3.63) is 52.9 Å². The largest absolute Gasteiger partial charge is 0.417 e. The van der Waals surface area contributed by atoms with Crippen LogP contribution in [0.5, 0.6) is 0 Å². The van der Waals surface area contributed by atoms with Crippen LogP contribution in [0.25, 0.3) is 5.65 Å². The molecule has 3 rings (SSSR count). The first-order valence-electron chi connectivity index (χ1n) is 6.08. The maximum Gasteiger partial charge on any atom is 0.417 e. The molecule has 0 radical (unpaired) electrons. The van der Waals surface area contributed by atoms with E-state index < -0.39 is 11.7 Å². The van der Waals surface area contributed by atoms with Crippen molar-refractivity contribution in [3.8, 4) is 0 Å². The van der Waals surface area contributed by atoms with E-state index in [0.717, 1.165) is 17.8 Å². The highest BCUT2D eigenvalue weighted by Gasteiger charge is 2.32. The van der Waals surface area contributed by atoms with Crippen LogP contribution in [-0.4, -0.2) is 19.6 Å². The molecule has 3 heterocycles. The average molecular weight is 345 g/mol. The van der Waals surface area contributed by atoms with Gasteiger partial charge in [-0.3, -0.25) is 9.38 Å². The van der Waals surface area contributed by atoms with E-state index in [0.29, 0.717) is 10.9 Å². The number of nitrogens with zero attached hydrogens (tertiary/aromatic N) is 4. The third-order valence-electron chi connectivity index (χ3n) is 2.85. The van der Waals surface area contributed by atoms with Gasteiger partial charge in [0.15, 0.2) is 10.8 Å². The molecule has 3 aromatic heterocycles. The number of fused-ring (bicyclic) bond motifs is 1. The molecule has 0 atom stereocenters. The summed E-state index contributed by atoms with van der Waals surface area (Å²) in [5, 5.41) is 7.98. The smallest absolute Gasteiger partial charge is 0.276 e. The van der Waals surface area contributed by atoms with Crippen LogP contribution in [-0.2, 0) is 11.9 Å². The van der Waals surface area contributed by atoms with Gasteiger partial charge >= 0.3 is 6.18 Å². The van der Waals surface area contributed by atoms with Gasteiger partial charge in [-0.2, -0.15) is 13.2 Å². The van der Waals surface area contributed by atoms with Crippen LogP contribution in [0.3, 0.4) is 0 Å². The van der Waals surface area contributed by atoms with Gasteiger partial charge in [-0.1, -0.05) is 29.4 Å². The fourth-order valence-corrected chi connectivity index (χ4v) is 2.91. The second kappa shape index (κ2) is 5.77. The SMILES string of the molecule is FC(F)(F)c1cc(Cl)c2nnc(SCc3cccnc3)n2c1. The monoisotopic (exact) mass is 344 g/mol. The number of hydrogen-bond acceptors (Lipinski definition) is 4. The van der Waals surface area contributed by atoms with Crippen molar-refractivity contribution >= 4 is 29.0 Å². The minimum absolute atomic E-state index is 0.0875. The second-order valence-corrected chi connectivity index (χ2v) is 5.75. The average Bonchev–Trinajstić information content (AvgIpc) is 2.89. The van der Waals surface area contributed by atoms with E-state index in [1.54, 1.807) is 18.5 Å². The van der Waals surface area contributed by atoms with E-state index in [4.69, 9.17) is 11.6 Å². The van der Waals surface area contributed by atoms with E-state index >= 15 is 0 Å². The molecule has 0 fully saturated rings. The summed E-state index contributed by atoms with van der Waals surface area (Å²) in [6.45, 7) is 0. The number of rotatable bonds is 3. The van der Waals surface area contributed by atoms with E-state index in [-0.39, 0.29) is 10.7 Å². The minimum Gasteiger partial charge on any atom is -0.276 e. The third kappa shape index (κ3) is 3.02. The summed E-state index contributed by atoms with van der Waals surface area (Å²) in [5.41, 5.74) is 0.290. The first-order chi connectivity index (χ1) is 10.4. The van der Waals surface area contributed by atoms with Crippen LogP contribution in [0.4, 0.5) is 13.2 Å². The van der Waals surface area contributed by atoms with Gasteiger partial charge in [-0.15, -0.1) is 10.2 Å². The topological polar surface area (TPSA) is 43.1 Å². The zero-order valence-electron chi connectivity index (χ0n) is 10.9. The van der Waals surface area contributed by atoms with E-state index in [1.165, 1.54) is 16.2 Å². The molecule has 0 aliphatic heterocycles. The molecule has 0 aliphatic rings. The molecule has 0 unspecified atom stereocenters.